The molecule has 0 spiro atoms. The Hall–Kier alpha value is -0.0800. The molecule has 0 aliphatic rings. The number of nitrogens with one attached hydrogen (secondary N) is 1. The van der Waals surface area contributed by atoms with Gasteiger partial charge in [-0.15, -0.1) is 0 Å². The van der Waals surface area contributed by atoms with Crippen LogP contribution >= 0.6 is 0 Å². The third-order valence-corrected chi connectivity index (χ3v) is 1.96. The average molecular weight is 145 g/mol. The number of quaternary nitrogens is 1. The van der Waals surface area contributed by atoms with E-state index in [4.69, 9.17) is 0 Å². The van der Waals surface area contributed by atoms with Crippen molar-refractivity contribution in [3.8, 4) is 0 Å². The quantitative estimate of drug-likeness (QED) is 0.542. The molecule has 0 aromatic rings. The molecule has 0 bridgehead atoms. The first-order valence-electron chi connectivity index (χ1n) is 4.32. The molecule has 0 radical (unpaired) electrons. The monoisotopic (exact) mass is 145 g/mol. The molecule has 2 heteroatoms. The molecule has 1 atom stereocenters. The van der Waals surface area contributed by atoms with Crippen LogP contribution in [0.25, 0.3) is 0 Å². The lowest BCUT2D eigenvalue weighted by molar-refractivity contribution is -1.01. The smallest absolute Gasteiger partial charge is 0.0944 e. The Labute approximate surface area is 64.8 Å². The Morgan fingerprint density at radius 2 is 1.80 bits per heavy atom. The Bertz CT molecular complexity index is 73.7. The Morgan fingerprint density at radius 3 is 2.10 bits per heavy atom. The van der Waals surface area contributed by atoms with Gasteiger partial charge in [0.25, 0.3) is 0 Å². The fourth-order valence-corrected chi connectivity index (χ4v) is 1.15. The Kier molecular flexibility index (Phi) is 5.64. The van der Waals surface area contributed by atoms with E-state index in [2.05, 4.69) is 32.8 Å². The molecular weight excluding hydrogens is 124 g/mol. The zero-order chi connectivity index (χ0) is 7.98. The molecule has 10 heavy (non-hydrogen) atoms. The minimum absolute atomic E-state index is 1.14. The van der Waals surface area contributed by atoms with Crippen LogP contribution in [0.5, 0.6) is 0 Å². The second-order valence-corrected chi connectivity index (χ2v) is 2.68. The molecule has 1 unspecified atom stereocenters. The van der Waals surface area contributed by atoms with Crippen LogP contribution in [0.15, 0.2) is 0 Å². The van der Waals surface area contributed by atoms with Gasteiger partial charge >= 0.3 is 0 Å². The van der Waals surface area contributed by atoms with E-state index in [1.165, 1.54) is 19.5 Å². The van der Waals surface area contributed by atoms with Crippen LogP contribution < -0.4 is 5.01 Å². The van der Waals surface area contributed by atoms with E-state index in [1.807, 2.05) is 0 Å². The predicted octanol–water partition coefficient (Wildman–Crippen LogP) is 0.168. The maximum atomic E-state index is 2.35. The van der Waals surface area contributed by atoms with Gasteiger partial charge in [-0.2, -0.15) is 5.01 Å². The second-order valence-electron chi connectivity index (χ2n) is 2.68. The van der Waals surface area contributed by atoms with Gasteiger partial charge in [0.1, 0.15) is 0 Å². The maximum Gasteiger partial charge on any atom is 0.0944 e. The van der Waals surface area contributed by atoms with Crippen molar-refractivity contribution < 1.29 is 5.01 Å². The van der Waals surface area contributed by atoms with E-state index in [0.717, 1.165) is 6.54 Å². The summed E-state index contributed by atoms with van der Waals surface area (Å²) in [6.07, 6.45) is 1.27. The summed E-state index contributed by atoms with van der Waals surface area (Å²) >= 11 is 0. The fourth-order valence-electron chi connectivity index (χ4n) is 1.15. The van der Waals surface area contributed by atoms with Crippen molar-refractivity contribution in [1.29, 1.82) is 0 Å². The van der Waals surface area contributed by atoms with Gasteiger partial charge in [0.15, 0.2) is 0 Å². The van der Waals surface area contributed by atoms with Gasteiger partial charge in [-0.25, -0.2) is 0 Å². The molecule has 0 fully saturated rings. The zero-order valence-corrected chi connectivity index (χ0v) is 7.78. The van der Waals surface area contributed by atoms with Gasteiger partial charge in [0.2, 0.25) is 0 Å². The van der Waals surface area contributed by atoms with Crippen molar-refractivity contribution in [2.24, 2.45) is 0 Å². The van der Waals surface area contributed by atoms with Gasteiger partial charge in [-0.05, 0) is 20.3 Å². The summed E-state index contributed by atoms with van der Waals surface area (Å²) in [4.78, 5) is 0. The first kappa shape index (κ1) is 9.92. The molecule has 0 aromatic carbocycles. The van der Waals surface area contributed by atoms with Crippen molar-refractivity contribution in [3.63, 3.8) is 0 Å². The highest BCUT2D eigenvalue weighted by Crippen LogP contribution is 1.69. The van der Waals surface area contributed by atoms with E-state index in [0.29, 0.717) is 0 Å². The normalized spacial score (nSPS) is 14.1. The summed E-state index contributed by atoms with van der Waals surface area (Å²) in [6, 6.07) is 0. The third kappa shape index (κ3) is 3.18. The first-order valence-corrected chi connectivity index (χ1v) is 4.32. The maximum absolute atomic E-state index is 2.35. The molecule has 0 heterocycles. The molecule has 0 saturated carbocycles. The Morgan fingerprint density at radius 1 is 1.20 bits per heavy atom. The molecule has 62 valence electrons. The van der Waals surface area contributed by atoms with Gasteiger partial charge in [-0.1, -0.05) is 6.92 Å². The van der Waals surface area contributed by atoms with Crippen LogP contribution in [-0.2, 0) is 0 Å². The lowest BCUT2D eigenvalue weighted by Gasteiger charge is -2.25. The largest absolute Gasteiger partial charge is 0.255 e. The van der Waals surface area contributed by atoms with Crippen LogP contribution in [0.1, 0.15) is 27.2 Å². The van der Waals surface area contributed by atoms with E-state index in [9.17, 15) is 0 Å². The zero-order valence-electron chi connectivity index (χ0n) is 7.78. The van der Waals surface area contributed by atoms with Crippen molar-refractivity contribution in [2.75, 3.05) is 26.7 Å². The lowest BCUT2D eigenvalue weighted by Crippen LogP contribution is -3.17. The van der Waals surface area contributed by atoms with Gasteiger partial charge in [-0.3, -0.25) is 5.01 Å². The molecule has 0 saturated heterocycles. The molecule has 0 aliphatic carbocycles. The summed E-state index contributed by atoms with van der Waals surface area (Å²) in [5.74, 6) is 0. The minimum atomic E-state index is 1.14. The minimum Gasteiger partial charge on any atom is -0.255 e. The number of hydrogen-bond donors (Lipinski definition) is 1. The van der Waals surface area contributed by atoms with Crippen molar-refractivity contribution in [1.82, 2.24) is 5.01 Å². The average Bonchev–Trinajstić information content (AvgIpc) is 1.99. The standard InChI is InChI=1S/C8H20N2/c1-5-8-10(7-3)9(4)6-2/h5-8H2,1-4H3/p+1. The highest BCUT2D eigenvalue weighted by Gasteiger charge is 2.07. The summed E-state index contributed by atoms with van der Waals surface area (Å²) in [5, 5.41) is 3.94. The summed E-state index contributed by atoms with van der Waals surface area (Å²) in [5.41, 5.74) is 0. The van der Waals surface area contributed by atoms with Crippen molar-refractivity contribution >= 4 is 0 Å². The predicted molar refractivity (Wildman–Crippen MR) is 45.0 cm³/mol. The first-order chi connectivity index (χ1) is 4.76. The second kappa shape index (κ2) is 5.69. The lowest BCUT2D eigenvalue weighted by atomic mass is 10.4. The van der Waals surface area contributed by atoms with Crippen LogP contribution in [0.2, 0.25) is 0 Å². The summed E-state index contributed by atoms with van der Waals surface area (Å²) in [6.45, 7) is 10.3. The van der Waals surface area contributed by atoms with E-state index >= 15 is 0 Å². The van der Waals surface area contributed by atoms with E-state index in [1.54, 1.807) is 5.01 Å². The highest BCUT2D eigenvalue weighted by molar-refractivity contribution is 4.25. The molecular formula is C8H21N2+. The molecule has 0 aliphatic heterocycles. The van der Waals surface area contributed by atoms with Crippen LogP contribution in [0.4, 0.5) is 0 Å². The third-order valence-electron chi connectivity index (χ3n) is 1.96. The van der Waals surface area contributed by atoms with E-state index < -0.39 is 0 Å². The van der Waals surface area contributed by atoms with Crippen LogP contribution in [0.3, 0.4) is 0 Å². The molecule has 0 amide bonds. The van der Waals surface area contributed by atoms with Crippen molar-refractivity contribution in [2.45, 2.75) is 27.2 Å². The van der Waals surface area contributed by atoms with E-state index in [-0.39, 0.29) is 0 Å². The highest BCUT2D eigenvalue weighted by atomic mass is 15.6. The van der Waals surface area contributed by atoms with Crippen molar-refractivity contribution in [3.05, 3.63) is 0 Å². The molecule has 0 aromatic heterocycles. The molecule has 0 rings (SSSR count). The fraction of sp³-hybridized carbons (Fsp3) is 1.00. The molecule has 2 nitrogen and oxygen atoms in total. The van der Waals surface area contributed by atoms with Gasteiger partial charge in [0.05, 0.1) is 13.1 Å². The topological polar surface area (TPSA) is 7.68 Å². The Balaban J connectivity index is 3.56. The summed E-state index contributed by atoms with van der Waals surface area (Å²) < 4.78 is 0. The number of rotatable bonds is 5. The number of hydrogen-bond acceptors (Lipinski definition) is 1. The van der Waals surface area contributed by atoms with Gasteiger partial charge < -0.3 is 0 Å². The molecule has 1 N–H and O–H groups in total. The van der Waals surface area contributed by atoms with Crippen LogP contribution in [-0.4, -0.2) is 31.7 Å². The summed E-state index contributed by atoms with van der Waals surface area (Å²) in [7, 11) is 2.18. The SMILES string of the molecule is CCC[NH+](CC)N(C)CC. The van der Waals surface area contributed by atoms with Crippen LogP contribution in [0, 0.1) is 0 Å². The van der Waals surface area contributed by atoms with Gasteiger partial charge in [0, 0.05) is 13.6 Å². The number of nitrogens with zero attached hydrogens (tertiary/aromatic N) is 1.